The molecular formula is C10H12ClIN2. The maximum atomic E-state index is 6.07. The summed E-state index contributed by atoms with van der Waals surface area (Å²) in [6.07, 6.45) is 4.52. The maximum absolute atomic E-state index is 6.07. The highest BCUT2D eigenvalue weighted by Crippen LogP contribution is 2.42. The van der Waals surface area contributed by atoms with Crippen LogP contribution in [0.2, 0.25) is 5.15 Å². The minimum absolute atomic E-state index is 0.631. The van der Waals surface area contributed by atoms with E-state index in [0.29, 0.717) is 11.1 Å². The zero-order valence-electron chi connectivity index (χ0n) is 8.06. The zero-order chi connectivity index (χ0) is 10.1. The van der Waals surface area contributed by atoms with Crippen molar-refractivity contribution >= 4 is 34.2 Å². The minimum Gasteiger partial charge on any atom is -0.236 e. The summed E-state index contributed by atoms with van der Waals surface area (Å²) in [6.45, 7) is 2.13. The van der Waals surface area contributed by atoms with Gasteiger partial charge in [0.1, 0.15) is 11.0 Å². The molecule has 4 heteroatoms. The first-order valence-corrected chi connectivity index (χ1v) is 6.39. The number of nitrogens with zero attached hydrogens (tertiary/aromatic N) is 2. The van der Waals surface area contributed by atoms with Crippen LogP contribution in [0.4, 0.5) is 0 Å². The Morgan fingerprint density at radius 2 is 2.14 bits per heavy atom. The number of aromatic nitrogens is 2. The summed E-state index contributed by atoms with van der Waals surface area (Å²) in [5.41, 5.74) is 1.18. The predicted molar refractivity (Wildman–Crippen MR) is 65.7 cm³/mol. The Hall–Kier alpha value is 0.1000. The molecule has 0 atom stereocenters. The molecule has 1 aliphatic rings. The molecule has 1 heterocycles. The van der Waals surface area contributed by atoms with E-state index in [-0.39, 0.29) is 0 Å². The van der Waals surface area contributed by atoms with E-state index >= 15 is 0 Å². The van der Waals surface area contributed by atoms with Crippen molar-refractivity contribution < 1.29 is 0 Å². The molecular weight excluding hydrogens is 310 g/mol. The van der Waals surface area contributed by atoms with Crippen LogP contribution in [0.25, 0.3) is 0 Å². The largest absolute Gasteiger partial charge is 0.236 e. The lowest BCUT2D eigenvalue weighted by molar-refractivity contribution is 0.806. The molecule has 0 N–H and O–H groups in total. The molecule has 14 heavy (non-hydrogen) atoms. The van der Waals surface area contributed by atoms with E-state index < -0.39 is 0 Å². The number of hydrogen-bond acceptors (Lipinski definition) is 2. The van der Waals surface area contributed by atoms with Crippen LogP contribution in [0.3, 0.4) is 0 Å². The average molecular weight is 323 g/mol. The molecule has 1 saturated carbocycles. The van der Waals surface area contributed by atoms with Crippen molar-refractivity contribution in [2.75, 3.05) is 0 Å². The van der Waals surface area contributed by atoms with Crippen LogP contribution < -0.4 is 0 Å². The second-order valence-corrected chi connectivity index (χ2v) is 5.09. The number of halogens is 2. The molecule has 0 bridgehead atoms. The summed E-state index contributed by atoms with van der Waals surface area (Å²) in [6, 6.07) is 0. The summed E-state index contributed by atoms with van der Waals surface area (Å²) in [4.78, 5) is 8.86. The summed E-state index contributed by atoms with van der Waals surface area (Å²) in [5.74, 6) is 1.55. The average Bonchev–Trinajstić information content (AvgIpc) is 2.94. The Morgan fingerprint density at radius 3 is 2.71 bits per heavy atom. The van der Waals surface area contributed by atoms with Gasteiger partial charge in [0.2, 0.25) is 0 Å². The van der Waals surface area contributed by atoms with E-state index in [1.807, 2.05) is 0 Å². The van der Waals surface area contributed by atoms with Gasteiger partial charge in [-0.2, -0.15) is 0 Å². The molecule has 0 spiro atoms. The summed E-state index contributed by atoms with van der Waals surface area (Å²) in [5, 5.41) is 0.631. The third kappa shape index (κ3) is 2.19. The number of rotatable bonds is 3. The first-order chi connectivity index (χ1) is 6.72. The van der Waals surface area contributed by atoms with Gasteiger partial charge in [-0.3, -0.25) is 0 Å². The smallest absolute Gasteiger partial charge is 0.146 e. The van der Waals surface area contributed by atoms with E-state index in [1.54, 1.807) is 0 Å². The lowest BCUT2D eigenvalue weighted by atomic mass is 10.2. The Kier molecular flexibility index (Phi) is 3.27. The quantitative estimate of drug-likeness (QED) is 0.628. The van der Waals surface area contributed by atoms with Crippen LogP contribution in [-0.2, 0) is 6.42 Å². The molecule has 2 rings (SSSR count). The van der Waals surface area contributed by atoms with Crippen molar-refractivity contribution in [3.63, 3.8) is 0 Å². The molecule has 1 aliphatic carbocycles. The van der Waals surface area contributed by atoms with Crippen molar-refractivity contribution in [1.29, 1.82) is 0 Å². The predicted octanol–water partition coefficient (Wildman–Crippen LogP) is 3.56. The van der Waals surface area contributed by atoms with Crippen LogP contribution in [0.1, 0.15) is 43.6 Å². The highest BCUT2D eigenvalue weighted by atomic mass is 127. The van der Waals surface area contributed by atoms with Crippen LogP contribution in [0.5, 0.6) is 0 Å². The van der Waals surface area contributed by atoms with Gasteiger partial charge in [0, 0.05) is 12.3 Å². The van der Waals surface area contributed by atoms with Gasteiger partial charge in [-0.1, -0.05) is 18.5 Å². The van der Waals surface area contributed by atoms with E-state index in [1.165, 1.54) is 18.5 Å². The topological polar surface area (TPSA) is 25.8 Å². The van der Waals surface area contributed by atoms with Crippen molar-refractivity contribution in [2.24, 2.45) is 0 Å². The van der Waals surface area contributed by atoms with Gasteiger partial charge in [-0.25, -0.2) is 9.97 Å². The first-order valence-electron chi connectivity index (χ1n) is 4.94. The van der Waals surface area contributed by atoms with Crippen LogP contribution in [0.15, 0.2) is 0 Å². The monoisotopic (exact) mass is 322 g/mol. The van der Waals surface area contributed by atoms with Gasteiger partial charge >= 0.3 is 0 Å². The Labute approximate surface area is 103 Å². The second-order valence-electron chi connectivity index (χ2n) is 3.65. The van der Waals surface area contributed by atoms with Gasteiger partial charge in [-0.05, 0) is 41.9 Å². The fraction of sp³-hybridized carbons (Fsp3) is 0.600. The highest BCUT2D eigenvalue weighted by Gasteiger charge is 2.28. The van der Waals surface area contributed by atoms with E-state index in [9.17, 15) is 0 Å². The van der Waals surface area contributed by atoms with Gasteiger partial charge < -0.3 is 0 Å². The molecule has 76 valence electrons. The SMILES string of the molecule is CCCc1nc(Cl)c(I)c(C2CC2)n1. The molecule has 1 aromatic heterocycles. The molecule has 0 unspecified atom stereocenters. The van der Waals surface area contributed by atoms with Gasteiger partial charge in [0.15, 0.2) is 0 Å². The number of hydrogen-bond donors (Lipinski definition) is 0. The Morgan fingerprint density at radius 1 is 1.43 bits per heavy atom. The fourth-order valence-corrected chi connectivity index (χ4v) is 2.32. The van der Waals surface area contributed by atoms with Crippen LogP contribution in [-0.4, -0.2) is 9.97 Å². The molecule has 2 nitrogen and oxygen atoms in total. The van der Waals surface area contributed by atoms with E-state index in [2.05, 4.69) is 39.5 Å². The zero-order valence-corrected chi connectivity index (χ0v) is 11.0. The summed E-state index contributed by atoms with van der Waals surface area (Å²) in [7, 11) is 0. The first kappa shape index (κ1) is 10.6. The van der Waals surface area contributed by atoms with Crippen LogP contribution >= 0.6 is 34.2 Å². The second kappa shape index (κ2) is 4.31. The van der Waals surface area contributed by atoms with Gasteiger partial charge in [-0.15, -0.1) is 0 Å². The van der Waals surface area contributed by atoms with Gasteiger partial charge in [0.05, 0.1) is 9.26 Å². The van der Waals surface area contributed by atoms with Crippen molar-refractivity contribution in [2.45, 2.75) is 38.5 Å². The van der Waals surface area contributed by atoms with E-state index in [4.69, 9.17) is 11.6 Å². The molecule has 0 aromatic carbocycles. The molecule has 0 amide bonds. The molecule has 0 saturated heterocycles. The highest BCUT2D eigenvalue weighted by molar-refractivity contribution is 14.1. The third-order valence-electron chi connectivity index (χ3n) is 2.32. The fourth-order valence-electron chi connectivity index (χ4n) is 1.44. The van der Waals surface area contributed by atoms with Gasteiger partial charge in [0.25, 0.3) is 0 Å². The van der Waals surface area contributed by atoms with E-state index in [0.717, 1.165) is 22.2 Å². The third-order valence-corrected chi connectivity index (χ3v) is 3.98. The maximum Gasteiger partial charge on any atom is 0.146 e. The normalized spacial score (nSPS) is 15.9. The minimum atomic E-state index is 0.631. The Bertz CT molecular complexity index is 350. The van der Waals surface area contributed by atoms with Crippen molar-refractivity contribution in [3.05, 3.63) is 20.2 Å². The molecule has 0 radical (unpaired) electrons. The molecule has 1 aromatic rings. The lowest BCUT2D eigenvalue weighted by Crippen LogP contribution is -2.02. The summed E-state index contributed by atoms with van der Waals surface area (Å²) < 4.78 is 1.05. The Balaban J connectivity index is 2.36. The standard InChI is InChI=1S/C10H12ClIN2/c1-2-3-7-13-9(6-4-5-6)8(12)10(11)14-7/h6H,2-5H2,1H3. The molecule has 0 aliphatic heterocycles. The van der Waals surface area contributed by atoms with Crippen molar-refractivity contribution in [1.82, 2.24) is 9.97 Å². The molecule has 1 fully saturated rings. The lowest BCUT2D eigenvalue weighted by Gasteiger charge is -2.06. The van der Waals surface area contributed by atoms with Crippen LogP contribution in [0, 0.1) is 3.57 Å². The number of aryl methyl sites for hydroxylation is 1. The van der Waals surface area contributed by atoms with Crippen molar-refractivity contribution in [3.8, 4) is 0 Å². The summed E-state index contributed by atoms with van der Waals surface area (Å²) >= 11 is 8.32.